The molecule has 3 atom stereocenters. The third-order valence-electron chi connectivity index (χ3n) is 7.80. The number of carbonyl (C=O) groups excluding carboxylic acids is 6. The molecule has 1 saturated carbocycles. The maximum absolute atomic E-state index is 13.3. The van der Waals surface area contributed by atoms with E-state index in [-0.39, 0.29) is 31.1 Å². The van der Waals surface area contributed by atoms with E-state index >= 15 is 0 Å². The smallest absolute Gasteiger partial charge is 0.389 e. The molecule has 0 spiro atoms. The molecular formula is C30H44F3N7O6. The minimum absolute atomic E-state index is 0.104. The van der Waals surface area contributed by atoms with Gasteiger partial charge in [0.15, 0.2) is 0 Å². The fraction of sp³-hybridized carbons (Fsp3) is 0.633. The van der Waals surface area contributed by atoms with E-state index in [4.69, 9.17) is 0 Å². The number of halogens is 3. The lowest BCUT2D eigenvalue weighted by Crippen LogP contribution is -2.56. The van der Waals surface area contributed by atoms with Crippen LogP contribution in [0.25, 0.3) is 0 Å². The predicted octanol–water partition coefficient (Wildman–Crippen LogP) is 1.01. The third kappa shape index (κ3) is 12.3. The van der Waals surface area contributed by atoms with Crippen molar-refractivity contribution in [1.82, 2.24) is 31.5 Å². The van der Waals surface area contributed by atoms with E-state index < -0.39 is 79.0 Å². The first-order valence-corrected chi connectivity index (χ1v) is 15.3. The number of hydrogen-bond donors (Lipinski definition) is 5. The minimum atomic E-state index is -4.64. The highest BCUT2D eigenvalue weighted by Crippen LogP contribution is 2.27. The van der Waals surface area contributed by atoms with Crippen LogP contribution >= 0.6 is 0 Å². The monoisotopic (exact) mass is 655 g/mol. The van der Waals surface area contributed by atoms with E-state index in [1.54, 1.807) is 7.05 Å². The molecule has 5 amide bonds. The highest BCUT2D eigenvalue weighted by atomic mass is 19.4. The molecule has 0 bridgehead atoms. The second kappa shape index (κ2) is 18.7. The summed E-state index contributed by atoms with van der Waals surface area (Å²) in [4.78, 5) is 82.3. The van der Waals surface area contributed by atoms with E-state index in [0.29, 0.717) is 19.3 Å². The van der Waals surface area contributed by atoms with Gasteiger partial charge >= 0.3 is 6.18 Å². The summed E-state index contributed by atoms with van der Waals surface area (Å²) in [6.07, 6.45) is 2.01. The van der Waals surface area contributed by atoms with Gasteiger partial charge in [0.2, 0.25) is 23.5 Å². The van der Waals surface area contributed by atoms with Crippen LogP contribution in [0.4, 0.5) is 13.2 Å². The lowest BCUT2D eigenvalue weighted by molar-refractivity contribution is -0.146. The molecular weight excluding hydrogens is 611 g/mol. The fourth-order valence-corrected chi connectivity index (χ4v) is 5.36. The number of ketones is 1. The van der Waals surface area contributed by atoms with Gasteiger partial charge in [-0.05, 0) is 44.9 Å². The van der Waals surface area contributed by atoms with Crippen molar-refractivity contribution in [2.24, 2.45) is 10.9 Å². The molecule has 2 fully saturated rings. The van der Waals surface area contributed by atoms with Crippen molar-refractivity contribution in [3.05, 3.63) is 25.1 Å². The molecule has 5 N–H and O–H groups in total. The van der Waals surface area contributed by atoms with Crippen molar-refractivity contribution >= 4 is 41.0 Å². The molecule has 0 aromatic carbocycles. The minimum Gasteiger partial charge on any atom is -0.393 e. The van der Waals surface area contributed by atoms with Gasteiger partial charge in [-0.1, -0.05) is 25.3 Å². The van der Waals surface area contributed by atoms with Crippen molar-refractivity contribution in [2.75, 3.05) is 26.7 Å². The summed E-state index contributed by atoms with van der Waals surface area (Å²) in [5, 5.41) is 12.5. The third-order valence-corrected chi connectivity index (χ3v) is 7.80. The second-order valence-corrected chi connectivity index (χ2v) is 11.2. The number of carbonyl (C=O) groups is 6. The van der Waals surface area contributed by atoms with Crippen molar-refractivity contribution in [1.29, 1.82) is 0 Å². The molecule has 0 radical (unpaired) electrons. The molecule has 0 aromatic heterocycles. The molecule has 2 aliphatic rings. The van der Waals surface area contributed by atoms with Gasteiger partial charge in [0.25, 0.3) is 11.8 Å². The van der Waals surface area contributed by atoms with Crippen LogP contribution in [0.5, 0.6) is 0 Å². The fourth-order valence-electron chi connectivity index (χ4n) is 5.36. The number of Topliss-reactive ketones (excluding diaryl/α,β-unsaturated/α-hetero) is 1. The van der Waals surface area contributed by atoms with Crippen LogP contribution < -0.4 is 26.6 Å². The average Bonchev–Trinajstić information content (AvgIpc) is 3.53. The van der Waals surface area contributed by atoms with Crippen molar-refractivity contribution in [2.45, 2.75) is 89.0 Å². The van der Waals surface area contributed by atoms with Gasteiger partial charge in [0.05, 0.1) is 12.6 Å². The summed E-state index contributed by atoms with van der Waals surface area (Å²) in [6, 6.07) is -3.82. The molecule has 3 unspecified atom stereocenters. The van der Waals surface area contributed by atoms with E-state index in [1.807, 2.05) is 0 Å². The van der Waals surface area contributed by atoms with Gasteiger partial charge in [0.1, 0.15) is 17.8 Å². The molecule has 0 aromatic rings. The Morgan fingerprint density at radius 2 is 1.67 bits per heavy atom. The molecule has 1 aliphatic carbocycles. The van der Waals surface area contributed by atoms with E-state index in [2.05, 4.69) is 38.2 Å². The van der Waals surface area contributed by atoms with Crippen molar-refractivity contribution in [3.63, 3.8) is 0 Å². The Bertz CT molecular complexity index is 1180. The molecule has 1 aliphatic heterocycles. The zero-order valence-corrected chi connectivity index (χ0v) is 26.2. The van der Waals surface area contributed by atoms with Crippen LogP contribution in [-0.2, 0) is 28.8 Å². The number of amides is 5. The zero-order valence-electron chi connectivity index (χ0n) is 26.2. The summed E-state index contributed by atoms with van der Waals surface area (Å²) in [5.41, 5.74) is 0.132. The Labute approximate surface area is 266 Å². The highest BCUT2D eigenvalue weighted by Gasteiger charge is 2.39. The van der Waals surface area contributed by atoms with Gasteiger partial charge in [-0.2, -0.15) is 13.2 Å². The van der Waals surface area contributed by atoms with Gasteiger partial charge in [-0.25, -0.2) is 0 Å². The molecule has 2 rings (SSSR count). The molecule has 16 heteroatoms. The predicted molar refractivity (Wildman–Crippen MR) is 163 cm³/mol. The average molecular weight is 656 g/mol. The lowest BCUT2D eigenvalue weighted by Gasteiger charge is -2.30. The number of nitrogens with zero attached hydrogens (tertiary/aromatic N) is 2. The maximum Gasteiger partial charge on any atom is 0.389 e. The number of aliphatic imine (C=N–C) groups is 1. The number of rotatable bonds is 16. The van der Waals surface area contributed by atoms with Crippen LogP contribution in [0.2, 0.25) is 0 Å². The largest absolute Gasteiger partial charge is 0.393 e. The Morgan fingerprint density at radius 3 is 2.30 bits per heavy atom. The van der Waals surface area contributed by atoms with Crippen LogP contribution in [-0.4, -0.2) is 96.9 Å². The highest BCUT2D eigenvalue weighted by molar-refractivity contribution is 6.39. The molecule has 46 heavy (non-hydrogen) atoms. The van der Waals surface area contributed by atoms with Crippen LogP contribution in [0, 0.1) is 5.92 Å². The molecule has 1 saturated heterocycles. The Balaban J connectivity index is 2.09. The van der Waals surface area contributed by atoms with Gasteiger partial charge < -0.3 is 31.5 Å². The SMILES string of the molecule is C=CCNC(=O)C(=O)C(CCC(F)(F)F)NC(=O)C1CCCN1C(=O)CNC(=O)C(NC(=O)C(C)=N/C=C\NC)C1CCCCC1. The number of hydrogen-bond acceptors (Lipinski definition) is 8. The van der Waals surface area contributed by atoms with Gasteiger partial charge in [0, 0.05) is 39.0 Å². The van der Waals surface area contributed by atoms with Crippen LogP contribution in [0.3, 0.4) is 0 Å². The second-order valence-electron chi connectivity index (χ2n) is 11.2. The maximum atomic E-state index is 13.3. The summed E-state index contributed by atoms with van der Waals surface area (Å²) < 4.78 is 38.8. The molecule has 256 valence electrons. The van der Waals surface area contributed by atoms with Gasteiger partial charge in [-0.15, -0.1) is 6.58 Å². The topological polar surface area (TPSA) is 178 Å². The quantitative estimate of drug-likeness (QED) is 0.0936. The Morgan fingerprint density at radius 1 is 0.978 bits per heavy atom. The van der Waals surface area contributed by atoms with Crippen molar-refractivity contribution < 1.29 is 41.9 Å². The standard InChI is InChI=1S/C30H44F3N7O6/c1-4-14-36-29(46)25(42)21(12-13-30(31,32)33)38-27(44)22-11-8-17-40(22)23(41)18-37-28(45)24(20-9-6-5-7-10-20)39-26(43)19(2)35-16-15-34-3/h4,15-16,20-22,24,34H,1,5-14,17-18H2,2-3H3,(H,36,46)(H,37,45)(H,38,44)(H,39,43)/b16-15-,35-19?. The zero-order chi connectivity index (χ0) is 34.3. The Kier molecular flexibility index (Phi) is 15.4. The van der Waals surface area contributed by atoms with E-state index in [0.717, 1.165) is 19.3 Å². The first-order chi connectivity index (χ1) is 21.8. The molecule has 13 nitrogen and oxygen atoms in total. The lowest BCUT2D eigenvalue weighted by atomic mass is 9.83. The van der Waals surface area contributed by atoms with Crippen LogP contribution in [0.1, 0.15) is 64.7 Å². The van der Waals surface area contributed by atoms with Crippen LogP contribution in [0.15, 0.2) is 30.0 Å². The van der Waals surface area contributed by atoms with Gasteiger partial charge in [-0.3, -0.25) is 33.8 Å². The van der Waals surface area contributed by atoms with Crippen molar-refractivity contribution in [3.8, 4) is 0 Å². The number of nitrogens with one attached hydrogen (secondary N) is 5. The number of likely N-dealkylation sites (tertiary alicyclic amines) is 1. The Hall–Kier alpha value is -4.24. The van der Waals surface area contributed by atoms with E-state index in [9.17, 15) is 41.9 Å². The summed E-state index contributed by atoms with van der Waals surface area (Å²) in [6.45, 7) is 4.42. The normalized spacial score (nSPS) is 18.8. The molecule has 1 heterocycles. The summed E-state index contributed by atoms with van der Waals surface area (Å²) in [5.74, 6) is -5.21. The number of alkyl halides is 3. The first-order valence-electron chi connectivity index (χ1n) is 15.3. The van der Waals surface area contributed by atoms with E-state index in [1.165, 1.54) is 30.3 Å². The first kappa shape index (κ1) is 37.9. The summed E-state index contributed by atoms with van der Waals surface area (Å²) >= 11 is 0. The summed E-state index contributed by atoms with van der Waals surface area (Å²) in [7, 11) is 1.67.